The third kappa shape index (κ3) is 2.97. The Morgan fingerprint density at radius 1 is 1.25 bits per heavy atom. The van der Waals surface area contributed by atoms with Crippen molar-refractivity contribution in [3.8, 4) is 0 Å². The van der Waals surface area contributed by atoms with Gasteiger partial charge in [0.2, 0.25) is 10.0 Å². The highest BCUT2D eigenvalue weighted by Gasteiger charge is 2.30. The average molecular weight is 348 g/mol. The second kappa shape index (κ2) is 6.07. The number of furan rings is 1. The molecule has 0 bridgehead atoms. The summed E-state index contributed by atoms with van der Waals surface area (Å²) in [5.41, 5.74) is 2.28. The SMILES string of the molecule is Cc1oc(C)c(S(N)(=O)=O)c1C(=O)N[C@H]1CCCc2ccccc21. The van der Waals surface area contributed by atoms with Gasteiger partial charge < -0.3 is 9.73 Å². The van der Waals surface area contributed by atoms with Gasteiger partial charge in [-0.1, -0.05) is 24.3 Å². The van der Waals surface area contributed by atoms with Crippen molar-refractivity contribution in [2.45, 2.75) is 44.0 Å². The molecule has 1 aliphatic rings. The summed E-state index contributed by atoms with van der Waals surface area (Å²) in [6.45, 7) is 3.05. The standard InChI is InChI=1S/C17H20N2O4S/c1-10-15(16(11(2)23-10)24(18,21)22)17(20)19-14-9-5-7-12-6-3-4-8-13(12)14/h3-4,6,8,14H,5,7,9H2,1-2H3,(H,19,20)(H2,18,21,22)/t14-/m0/s1. The molecule has 1 amide bonds. The highest BCUT2D eigenvalue weighted by Crippen LogP contribution is 2.31. The third-order valence-electron chi connectivity index (χ3n) is 4.39. The van der Waals surface area contributed by atoms with Gasteiger partial charge in [0.05, 0.1) is 6.04 Å². The summed E-state index contributed by atoms with van der Waals surface area (Å²) in [6, 6.07) is 7.81. The molecule has 3 rings (SSSR count). The number of carbonyl (C=O) groups is 1. The molecule has 0 saturated carbocycles. The lowest BCUT2D eigenvalue weighted by Gasteiger charge is -2.26. The van der Waals surface area contributed by atoms with E-state index in [0.29, 0.717) is 0 Å². The minimum atomic E-state index is -4.04. The molecule has 0 saturated heterocycles. The van der Waals surface area contributed by atoms with Crippen LogP contribution in [0.5, 0.6) is 0 Å². The van der Waals surface area contributed by atoms with E-state index in [1.165, 1.54) is 12.5 Å². The van der Waals surface area contributed by atoms with Crippen LogP contribution in [0.3, 0.4) is 0 Å². The molecule has 24 heavy (non-hydrogen) atoms. The van der Waals surface area contributed by atoms with Crippen LogP contribution in [0.25, 0.3) is 0 Å². The van der Waals surface area contributed by atoms with Crippen LogP contribution in [0.15, 0.2) is 33.6 Å². The number of nitrogens with one attached hydrogen (secondary N) is 1. The molecule has 1 heterocycles. The summed E-state index contributed by atoms with van der Waals surface area (Å²) in [5, 5.41) is 8.19. The maximum atomic E-state index is 12.7. The molecular weight excluding hydrogens is 328 g/mol. The van der Waals surface area contributed by atoms with Crippen molar-refractivity contribution in [3.63, 3.8) is 0 Å². The smallest absolute Gasteiger partial charge is 0.256 e. The molecule has 0 aliphatic heterocycles. The van der Waals surface area contributed by atoms with Gasteiger partial charge in [0.25, 0.3) is 5.91 Å². The number of carbonyl (C=O) groups excluding carboxylic acids is 1. The molecule has 128 valence electrons. The van der Waals surface area contributed by atoms with Crippen LogP contribution in [0.4, 0.5) is 0 Å². The Hall–Kier alpha value is -2.12. The Balaban J connectivity index is 1.96. The molecule has 7 heteroatoms. The predicted octanol–water partition coefficient (Wildman–Crippen LogP) is 2.35. The Morgan fingerprint density at radius 2 is 1.96 bits per heavy atom. The fourth-order valence-electron chi connectivity index (χ4n) is 3.40. The largest absolute Gasteiger partial charge is 0.464 e. The number of amides is 1. The summed E-state index contributed by atoms with van der Waals surface area (Å²) in [5.74, 6) is -0.0996. The maximum Gasteiger partial charge on any atom is 0.256 e. The zero-order valence-electron chi connectivity index (χ0n) is 13.6. The van der Waals surface area contributed by atoms with E-state index in [1.807, 2.05) is 18.2 Å². The van der Waals surface area contributed by atoms with Gasteiger partial charge >= 0.3 is 0 Å². The summed E-state index contributed by atoms with van der Waals surface area (Å²) in [4.78, 5) is 12.5. The molecular formula is C17H20N2O4S. The molecule has 1 aromatic heterocycles. The summed E-state index contributed by atoms with van der Waals surface area (Å²) in [6.07, 6.45) is 2.76. The Labute approximate surface area is 141 Å². The highest BCUT2D eigenvalue weighted by molar-refractivity contribution is 7.89. The van der Waals surface area contributed by atoms with E-state index in [2.05, 4.69) is 11.4 Å². The van der Waals surface area contributed by atoms with Crippen molar-refractivity contribution in [2.24, 2.45) is 5.14 Å². The minimum Gasteiger partial charge on any atom is -0.464 e. The fraction of sp³-hybridized carbons (Fsp3) is 0.353. The summed E-state index contributed by atoms with van der Waals surface area (Å²) in [7, 11) is -4.04. The number of benzene rings is 1. The number of aryl methyl sites for hydroxylation is 3. The summed E-state index contributed by atoms with van der Waals surface area (Å²) < 4.78 is 29.0. The van der Waals surface area contributed by atoms with Crippen molar-refractivity contribution < 1.29 is 17.6 Å². The Kier molecular flexibility index (Phi) is 4.23. The predicted molar refractivity (Wildman–Crippen MR) is 89.1 cm³/mol. The third-order valence-corrected chi connectivity index (χ3v) is 5.45. The zero-order valence-corrected chi connectivity index (χ0v) is 14.4. The van der Waals surface area contributed by atoms with E-state index in [9.17, 15) is 13.2 Å². The van der Waals surface area contributed by atoms with E-state index in [1.54, 1.807) is 6.92 Å². The average Bonchev–Trinajstić information content (AvgIpc) is 2.82. The van der Waals surface area contributed by atoms with E-state index in [4.69, 9.17) is 9.56 Å². The Bertz CT molecular complexity index is 899. The lowest BCUT2D eigenvalue weighted by atomic mass is 9.87. The number of sulfonamides is 1. The van der Waals surface area contributed by atoms with Gasteiger partial charge in [-0.3, -0.25) is 4.79 Å². The highest BCUT2D eigenvalue weighted by atomic mass is 32.2. The van der Waals surface area contributed by atoms with Crippen molar-refractivity contribution in [3.05, 3.63) is 52.5 Å². The van der Waals surface area contributed by atoms with E-state index < -0.39 is 15.9 Å². The first-order valence-corrected chi connectivity index (χ1v) is 9.35. The van der Waals surface area contributed by atoms with Crippen LogP contribution >= 0.6 is 0 Å². The number of nitrogens with two attached hydrogens (primary N) is 1. The lowest BCUT2D eigenvalue weighted by molar-refractivity contribution is 0.0928. The van der Waals surface area contributed by atoms with Crippen LogP contribution in [-0.4, -0.2) is 14.3 Å². The normalized spacial score (nSPS) is 17.4. The number of rotatable bonds is 3. The first-order chi connectivity index (χ1) is 11.3. The molecule has 1 atom stereocenters. The van der Waals surface area contributed by atoms with Crippen LogP contribution in [0.1, 0.15) is 51.9 Å². The molecule has 0 unspecified atom stereocenters. The van der Waals surface area contributed by atoms with Crippen molar-refractivity contribution in [1.82, 2.24) is 5.32 Å². The molecule has 1 aliphatic carbocycles. The fourth-order valence-corrected chi connectivity index (χ4v) is 4.37. The Morgan fingerprint density at radius 3 is 2.67 bits per heavy atom. The van der Waals surface area contributed by atoms with E-state index in [0.717, 1.165) is 24.8 Å². The topological polar surface area (TPSA) is 102 Å². The quantitative estimate of drug-likeness (QED) is 0.888. The van der Waals surface area contributed by atoms with Crippen molar-refractivity contribution in [2.75, 3.05) is 0 Å². The van der Waals surface area contributed by atoms with Gasteiger partial charge in [-0.05, 0) is 44.2 Å². The van der Waals surface area contributed by atoms with Gasteiger partial charge in [0.15, 0.2) is 0 Å². The molecule has 6 nitrogen and oxygen atoms in total. The number of hydrogen-bond donors (Lipinski definition) is 2. The summed E-state index contributed by atoms with van der Waals surface area (Å²) >= 11 is 0. The van der Waals surface area contributed by atoms with Gasteiger partial charge in [-0.15, -0.1) is 0 Å². The lowest BCUT2D eigenvalue weighted by Crippen LogP contribution is -2.32. The van der Waals surface area contributed by atoms with Gasteiger partial charge in [0.1, 0.15) is 22.0 Å². The van der Waals surface area contributed by atoms with E-state index >= 15 is 0 Å². The number of fused-ring (bicyclic) bond motifs is 1. The first-order valence-electron chi connectivity index (χ1n) is 7.80. The maximum absolute atomic E-state index is 12.7. The van der Waals surface area contributed by atoms with Gasteiger partial charge in [-0.2, -0.15) is 0 Å². The molecule has 0 radical (unpaired) electrons. The zero-order chi connectivity index (χ0) is 17.5. The second-order valence-corrected chi connectivity index (χ2v) is 7.58. The molecule has 2 aromatic rings. The van der Waals surface area contributed by atoms with Crippen LogP contribution in [0, 0.1) is 13.8 Å². The molecule has 0 fully saturated rings. The molecule has 3 N–H and O–H groups in total. The van der Waals surface area contributed by atoms with Crippen LogP contribution < -0.4 is 10.5 Å². The van der Waals surface area contributed by atoms with Crippen molar-refractivity contribution >= 4 is 15.9 Å². The number of hydrogen-bond acceptors (Lipinski definition) is 4. The van der Waals surface area contributed by atoms with Crippen LogP contribution in [0.2, 0.25) is 0 Å². The molecule has 1 aromatic carbocycles. The van der Waals surface area contributed by atoms with Crippen molar-refractivity contribution in [1.29, 1.82) is 0 Å². The van der Waals surface area contributed by atoms with Gasteiger partial charge in [0, 0.05) is 0 Å². The van der Waals surface area contributed by atoms with E-state index in [-0.39, 0.29) is 28.0 Å². The minimum absolute atomic E-state index is 0.00180. The van der Waals surface area contributed by atoms with Gasteiger partial charge in [-0.25, -0.2) is 13.6 Å². The molecule has 0 spiro atoms. The van der Waals surface area contributed by atoms with Crippen LogP contribution in [-0.2, 0) is 16.4 Å². The monoisotopic (exact) mass is 348 g/mol. The first kappa shape index (κ1) is 16.7. The second-order valence-electron chi connectivity index (χ2n) is 6.08. The number of primary sulfonamides is 1.